The number of aromatic nitrogens is 1. The summed E-state index contributed by atoms with van der Waals surface area (Å²) in [4.78, 5) is 2.34. The van der Waals surface area contributed by atoms with Crippen LogP contribution >= 0.6 is 0 Å². The molecule has 1 aliphatic carbocycles. The molecular weight excluding hydrogens is 617 g/mol. The van der Waals surface area contributed by atoms with Crippen molar-refractivity contribution in [3.8, 4) is 27.9 Å². The molecular formula is C49H36N2. The maximum atomic E-state index is 2.50. The lowest BCUT2D eigenvalue weighted by Gasteiger charge is -2.35. The van der Waals surface area contributed by atoms with E-state index in [1.807, 2.05) is 0 Å². The van der Waals surface area contributed by atoms with Gasteiger partial charge in [0, 0.05) is 44.5 Å². The summed E-state index contributed by atoms with van der Waals surface area (Å²) >= 11 is 0. The van der Waals surface area contributed by atoms with Crippen LogP contribution in [-0.2, 0) is 5.41 Å². The molecule has 9 aromatic rings. The van der Waals surface area contributed by atoms with Crippen LogP contribution in [0.15, 0.2) is 182 Å². The van der Waals surface area contributed by atoms with E-state index >= 15 is 0 Å². The van der Waals surface area contributed by atoms with Crippen molar-refractivity contribution in [2.24, 2.45) is 0 Å². The van der Waals surface area contributed by atoms with Gasteiger partial charge in [0.2, 0.25) is 0 Å². The molecule has 1 aromatic heterocycles. The summed E-state index contributed by atoms with van der Waals surface area (Å²) in [5, 5.41) is 5.22. The fourth-order valence-corrected chi connectivity index (χ4v) is 8.55. The van der Waals surface area contributed by atoms with Gasteiger partial charge < -0.3 is 9.47 Å². The maximum absolute atomic E-state index is 2.50. The normalized spacial score (nSPS) is 13.1. The van der Waals surface area contributed by atoms with E-state index in [9.17, 15) is 0 Å². The monoisotopic (exact) mass is 652 g/mol. The van der Waals surface area contributed by atoms with E-state index in [0.29, 0.717) is 0 Å². The van der Waals surface area contributed by atoms with Crippen LogP contribution < -0.4 is 4.90 Å². The first kappa shape index (κ1) is 29.5. The van der Waals surface area contributed by atoms with Gasteiger partial charge in [0.15, 0.2) is 0 Å². The second-order valence-corrected chi connectivity index (χ2v) is 14.2. The first-order valence-electron chi connectivity index (χ1n) is 17.8. The topological polar surface area (TPSA) is 8.17 Å². The Morgan fingerprint density at radius 3 is 1.82 bits per heavy atom. The van der Waals surface area contributed by atoms with Crippen LogP contribution in [0.3, 0.4) is 0 Å². The van der Waals surface area contributed by atoms with Crippen LogP contribution in [0.1, 0.15) is 25.0 Å². The number of hydrogen-bond donors (Lipinski definition) is 0. The molecule has 0 aliphatic heterocycles. The summed E-state index contributed by atoms with van der Waals surface area (Å²) < 4.78 is 2.50. The molecule has 2 heteroatoms. The minimum Gasteiger partial charge on any atom is -0.311 e. The average Bonchev–Trinajstić information content (AvgIpc) is 3.52. The zero-order valence-corrected chi connectivity index (χ0v) is 28.7. The lowest BCUT2D eigenvalue weighted by Crippen LogP contribution is -2.23. The third-order valence-electron chi connectivity index (χ3n) is 11.0. The standard InChI is InChI=1S/C49H36N2/c1-49(2)43-21-11-9-20-41(43)47-46-35(16-13-22-44(46)49)32-42-40-19-10-12-23-45(40)51(48(42)47)39-30-28-38(29-31-39)50(36-17-7-4-8-18-36)37-26-24-34(25-27-37)33-14-5-3-6-15-33/h3-32H,1-2H3. The number of anilines is 3. The molecule has 242 valence electrons. The highest BCUT2D eigenvalue weighted by Gasteiger charge is 2.35. The van der Waals surface area contributed by atoms with Gasteiger partial charge in [-0.15, -0.1) is 0 Å². The largest absolute Gasteiger partial charge is 0.311 e. The number of nitrogens with zero attached hydrogens (tertiary/aromatic N) is 2. The van der Waals surface area contributed by atoms with Gasteiger partial charge in [0.1, 0.15) is 0 Å². The molecule has 1 heterocycles. The van der Waals surface area contributed by atoms with E-state index in [1.54, 1.807) is 0 Å². The van der Waals surface area contributed by atoms with E-state index < -0.39 is 0 Å². The van der Waals surface area contributed by atoms with Gasteiger partial charge in [0.25, 0.3) is 0 Å². The Balaban J connectivity index is 1.18. The molecule has 0 amide bonds. The van der Waals surface area contributed by atoms with Crippen molar-refractivity contribution >= 4 is 49.6 Å². The molecule has 1 aliphatic rings. The Bertz CT molecular complexity index is 2740. The van der Waals surface area contributed by atoms with Crippen molar-refractivity contribution in [1.29, 1.82) is 0 Å². The lowest BCUT2D eigenvalue weighted by atomic mass is 9.68. The predicted molar refractivity (Wildman–Crippen MR) is 216 cm³/mol. The van der Waals surface area contributed by atoms with Gasteiger partial charge in [-0.25, -0.2) is 0 Å². The van der Waals surface area contributed by atoms with Gasteiger partial charge in [-0.2, -0.15) is 0 Å². The van der Waals surface area contributed by atoms with Crippen molar-refractivity contribution in [2.45, 2.75) is 19.3 Å². The number of hydrogen-bond acceptors (Lipinski definition) is 1. The third-order valence-corrected chi connectivity index (χ3v) is 11.0. The first-order valence-corrected chi connectivity index (χ1v) is 17.8. The average molecular weight is 653 g/mol. The van der Waals surface area contributed by atoms with Gasteiger partial charge in [-0.1, -0.05) is 135 Å². The zero-order valence-electron chi connectivity index (χ0n) is 28.7. The highest BCUT2D eigenvalue weighted by molar-refractivity contribution is 6.23. The minimum absolute atomic E-state index is 0.102. The molecule has 51 heavy (non-hydrogen) atoms. The van der Waals surface area contributed by atoms with Crippen LogP contribution in [0.4, 0.5) is 17.1 Å². The molecule has 0 fully saturated rings. The van der Waals surface area contributed by atoms with Crippen molar-refractivity contribution < 1.29 is 0 Å². The molecule has 10 rings (SSSR count). The van der Waals surface area contributed by atoms with Gasteiger partial charge in [-0.3, -0.25) is 0 Å². The number of rotatable bonds is 5. The fourth-order valence-electron chi connectivity index (χ4n) is 8.55. The van der Waals surface area contributed by atoms with Crippen LogP contribution in [0.25, 0.3) is 60.5 Å². The molecule has 0 saturated carbocycles. The molecule has 0 bridgehead atoms. The lowest BCUT2D eigenvalue weighted by molar-refractivity contribution is 0.645. The highest BCUT2D eigenvalue weighted by atomic mass is 15.1. The van der Waals surface area contributed by atoms with Gasteiger partial charge >= 0.3 is 0 Å². The summed E-state index contributed by atoms with van der Waals surface area (Å²) in [6, 6.07) is 66.4. The van der Waals surface area contributed by atoms with E-state index in [2.05, 4.69) is 205 Å². The molecule has 0 atom stereocenters. The molecule has 8 aromatic carbocycles. The van der Waals surface area contributed by atoms with Crippen molar-refractivity contribution in [3.05, 3.63) is 193 Å². The maximum Gasteiger partial charge on any atom is 0.0626 e. The Hall–Kier alpha value is -6.38. The van der Waals surface area contributed by atoms with Crippen LogP contribution in [-0.4, -0.2) is 4.57 Å². The van der Waals surface area contributed by atoms with E-state index in [-0.39, 0.29) is 5.41 Å². The fraction of sp³-hybridized carbons (Fsp3) is 0.0612. The zero-order chi connectivity index (χ0) is 34.1. The SMILES string of the molecule is CC1(C)c2ccccc2-c2c3c1cccc3cc1c3ccccc3n(-c3ccc(N(c4ccccc4)c4ccc(-c5ccccc5)cc4)cc3)c21. The number of para-hydroxylation sites is 2. The summed E-state index contributed by atoms with van der Waals surface area (Å²) in [5.74, 6) is 0. The van der Waals surface area contributed by atoms with Crippen LogP contribution in [0, 0.1) is 0 Å². The third kappa shape index (κ3) is 4.50. The van der Waals surface area contributed by atoms with Crippen molar-refractivity contribution in [2.75, 3.05) is 4.90 Å². The van der Waals surface area contributed by atoms with E-state index in [0.717, 1.165) is 22.7 Å². The molecule has 0 radical (unpaired) electrons. The predicted octanol–water partition coefficient (Wildman–Crippen LogP) is 13.4. The number of fused-ring (bicyclic) bond motifs is 6. The smallest absolute Gasteiger partial charge is 0.0626 e. The highest BCUT2D eigenvalue weighted by Crippen LogP contribution is 2.52. The summed E-state index contributed by atoms with van der Waals surface area (Å²) in [5.41, 5.74) is 14.7. The molecule has 0 unspecified atom stereocenters. The van der Waals surface area contributed by atoms with Crippen LogP contribution in [0.2, 0.25) is 0 Å². The molecule has 0 saturated heterocycles. The summed E-state index contributed by atoms with van der Waals surface area (Å²) in [6.45, 7) is 4.74. The Labute approximate surface area is 298 Å². The van der Waals surface area contributed by atoms with Gasteiger partial charge in [-0.05, 0) is 99.3 Å². The van der Waals surface area contributed by atoms with Crippen molar-refractivity contribution in [1.82, 2.24) is 4.57 Å². The molecule has 0 N–H and O–H groups in total. The second kappa shape index (κ2) is 11.3. The minimum atomic E-state index is -0.102. The first-order chi connectivity index (χ1) is 25.1. The molecule has 2 nitrogen and oxygen atoms in total. The number of benzene rings is 8. The van der Waals surface area contributed by atoms with E-state index in [4.69, 9.17) is 0 Å². The summed E-state index contributed by atoms with van der Waals surface area (Å²) in [7, 11) is 0. The molecule has 0 spiro atoms. The quantitative estimate of drug-likeness (QED) is 0.180. The Kier molecular flexibility index (Phi) is 6.56. The Morgan fingerprint density at radius 1 is 0.471 bits per heavy atom. The Morgan fingerprint density at radius 2 is 1.06 bits per heavy atom. The second-order valence-electron chi connectivity index (χ2n) is 14.2. The van der Waals surface area contributed by atoms with Crippen LogP contribution in [0.5, 0.6) is 0 Å². The summed E-state index contributed by atoms with van der Waals surface area (Å²) in [6.07, 6.45) is 0. The van der Waals surface area contributed by atoms with Crippen molar-refractivity contribution in [3.63, 3.8) is 0 Å². The van der Waals surface area contributed by atoms with Gasteiger partial charge in [0.05, 0.1) is 11.0 Å². The van der Waals surface area contributed by atoms with E-state index in [1.165, 1.54) is 66.0 Å².